The molecule has 0 saturated heterocycles. The van der Waals surface area contributed by atoms with Gasteiger partial charge in [-0.05, 0) is 12.8 Å². The molecule has 0 radical (unpaired) electrons. The van der Waals surface area contributed by atoms with E-state index >= 15 is 0 Å². The first-order chi connectivity index (χ1) is 5.18. The van der Waals surface area contributed by atoms with Crippen molar-refractivity contribution in [1.29, 1.82) is 0 Å². The van der Waals surface area contributed by atoms with Crippen LogP contribution in [0.5, 0.6) is 0 Å². The third-order valence-corrected chi connectivity index (χ3v) is 1.86. The lowest BCUT2D eigenvalue weighted by molar-refractivity contribution is 0.743. The molecular formula is C10H13N. The van der Waals surface area contributed by atoms with Gasteiger partial charge in [-0.25, -0.2) is 6.57 Å². The van der Waals surface area contributed by atoms with E-state index in [1.54, 1.807) is 0 Å². The van der Waals surface area contributed by atoms with Crippen molar-refractivity contribution < 1.29 is 0 Å². The zero-order valence-electron chi connectivity index (χ0n) is 7.15. The molecule has 1 nitrogen and oxygen atoms in total. The van der Waals surface area contributed by atoms with Gasteiger partial charge >= 0.3 is 0 Å². The van der Waals surface area contributed by atoms with Crippen LogP contribution in [0.1, 0.15) is 26.7 Å². The van der Waals surface area contributed by atoms with Crippen molar-refractivity contribution in [2.45, 2.75) is 26.7 Å². The molecule has 1 fully saturated rings. The molecule has 0 atom stereocenters. The Bertz CT molecular complexity index is 230. The minimum absolute atomic E-state index is 0.117. The second-order valence-electron chi connectivity index (χ2n) is 3.52. The molecule has 0 bridgehead atoms. The van der Waals surface area contributed by atoms with E-state index in [2.05, 4.69) is 30.5 Å². The minimum atomic E-state index is 0.117. The molecule has 0 aromatic rings. The van der Waals surface area contributed by atoms with E-state index in [1.165, 1.54) is 0 Å². The predicted molar refractivity (Wildman–Crippen MR) is 45.8 cm³/mol. The monoisotopic (exact) mass is 147 g/mol. The molecule has 0 amide bonds. The molecule has 0 heterocycles. The maximum atomic E-state index is 6.74. The number of rotatable bonds is 1. The van der Waals surface area contributed by atoms with Crippen LogP contribution < -0.4 is 0 Å². The highest BCUT2D eigenvalue weighted by Crippen LogP contribution is 2.45. The van der Waals surface area contributed by atoms with Gasteiger partial charge in [-0.15, -0.1) is 0 Å². The summed E-state index contributed by atoms with van der Waals surface area (Å²) in [5, 5.41) is 0. The third kappa shape index (κ3) is 2.28. The zero-order chi connectivity index (χ0) is 8.32. The van der Waals surface area contributed by atoms with Crippen molar-refractivity contribution in [2.24, 2.45) is 11.3 Å². The van der Waals surface area contributed by atoms with E-state index in [4.69, 9.17) is 6.57 Å². The Hall–Kier alpha value is -0.950. The molecule has 1 aliphatic rings. The lowest BCUT2D eigenvalue weighted by atomic mass is 10.1. The van der Waals surface area contributed by atoms with Gasteiger partial charge in [0, 0.05) is 5.92 Å². The lowest BCUT2D eigenvalue weighted by Crippen LogP contribution is -1.99. The van der Waals surface area contributed by atoms with Crippen molar-refractivity contribution in [1.82, 2.24) is 0 Å². The van der Waals surface area contributed by atoms with Gasteiger partial charge in [0.1, 0.15) is 5.41 Å². The zero-order valence-corrected chi connectivity index (χ0v) is 7.15. The normalized spacial score (nSPS) is 18.4. The van der Waals surface area contributed by atoms with Gasteiger partial charge in [0.15, 0.2) is 0 Å². The first kappa shape index (κ1) is 8.15. The van der Waals surface area contributed by atoms with E-state index < -0.39 is 0 Å². The first-order valence-electron chi connectivity index (χ1n) is 4.04. The van der Waals surface area contributed by atoms with Crippen molar-refractivity contribution in [3.8, 4) is 11.8 Å². The molecule has 1 rings (SSSR count). The van der Waals surface area contributed by atoms with E-state index in [0.29, 0.717) is 12.5 Å². The van der Waals surface area contributed by atoms with E-state index in [-0.39, 0.29) is 5.41 Å². The van der Waals surface area contributed by atoms with Crippen LogP contribution in [0.2, 0.25) is 0 Å². The molecule has 0 unspecified atom stereocenters. The van der Waals surface area contributed by atoms with Crippen molar-refractivity contribution in [2.75, 3.05) is 6.54 Å². The Morgan fingerprint density at radius 3 is 2.55 bits per heavy atom. The van der Waals surface area contributed by atoms with Crippen LogP contribution in [-0.2, 0) is 0 Å². The Morgan fingerprint density at radius 2 is 2.18 bits per heavy atom. The Morgan fingerprint density at radius 1 is 1.55 bits per heavy atom. The molecule has 11 heavy (non-hydrogen) atoms. The van der Waals surface area contributed by atoms with Gasteiger partial charge in [-0.3, -0.25) is 0 Å². The second-order valence-corrected chi connectivity index (χ2v) is 3.52. The summed E-state index contributed by atoms with van der Waals surface area (Å²) >= 11 is 0. The first-order valence-corrected chi connectivity index (χ1v) is 4.04. The highest BCUT2D eigenvalue weighted by molar-refractivity contribution is 5.22. The minimum Gasteiger partial charge on any atom is -0.315 e. The van der Waals surface area contributed by atoms with Crippen LogP contribution in [0.3, 0.4) is 0 Å². The second kappa shape index (κ2) is 2.97. The average molecular weight is 147 g/mol. The fourth-order valence-electron chi connectivity index (χ4n) is 0.922. The molecule has 0 aromatic carbocycles. The van der Waals surface area contributed by atoms with Crippen molar-refractivity contribution in [3.63, 3.8) is 0 Å². The van der Waals surface area contributed by atoms with Crippen molar-refractivity contribution in [3.05, 3.63) is 11.4 Å². The summed E-state index contributed by atoms with van der Waals surface area (Å²) in [5.74, 6) is 6.79. The SMILES string of the molecule is [C-]#[N+]CC1(C#CC(C)C)CC1. The Kier molecular flexibility index (Phi) is 2.20. The third-order valence-electron chi connectivity index (χ3n) is 1.86. The molecule has 1 saturated carbocycles. The summed E-state index contributed by atoms with van der Waals surface area (Å²) in [6.45, 7) is 11.5. The Balaban J connectivity index is 2.50. The largest absolute Gasteiger partial charge is 0.315 e. The maximum Gasteiger partial charge on any atom is 0.231 e. The van der Waals surface area contributed by atoms with Crippen LogP contribution in [0.25, 0.3) is 4.85 Å². The van der Waals surface area contributed by atoms with Crippen LogP contribution in [-0.4, -0.2) is 6.54 Å². The molecule has 58 valence electrons. The Labute approximate surface area is 68.6 Å². The topological polar surface area (TPSA) is 4.36 Å². The van der Waals surface area contributed by atoms with Gasteiger partial charge in [-0.1, -0.05) is 25.7 Å². The maximum absolute atomic E-state index is 6.74. The number of hydrogen-bond donors (Lipinski definition) is 0. The molecule has 0 aromatic heterocycles. The summed E-state index contributed by atoms with van der Waals surface area (Å²) in [5.41, 5.74) is 0.117. The number of hydrogen-bond acceptors (Lipinski definition) is 0. The van der Waals surface area contributed by atoms with Gasteiger partial charge in [0.2, 0.25) is 6.54 Å². The summed E-state index contributed by atoms with van der Waals surface area (Å²) in [6.07, 6.45) is 2.27. The fourth-order valence-corrected chi connectivity index (χ4v) is 0.922. The summed E-state index contributed by atoms with van der Waals surface area (Å²) in [4.78, 5) is 3.40. The molecular weight excluding hydrogens is 134 g/mol. The molecule has 1 heteroatoms. The van der Waals surface area contributed by atoms with E-state index in [9.17, 15) is 0 Å². The summed E-state index contributed by atoms with van der Waals surface area (Å²) in [7, 11) is 0. The molecule has 0 spiro atoms. The van der Waals surface area contributed by atoms with Crippen LogP contribution in [0.15, 0.2) is 0 Å². The molecule has 0 aliphatic heterocycles. The quantitative estimate of drug-likeness (QED) is 0.396. The highest BCUT2D eigenvalue weighted by atomic mass is 14.7. The highest BCUT2D eigenvalue weighted by Gasteiger charge is 2.44. The van der Waals surface area contributed by atoms with E-state index in [1.807, 2.05) is 0 Å². The summed E-state index contributed by atoms with van der Waals surface area (Å²) < 4.78 is 0. The molecule has 1 aliphatic carbocycles. The van der Waals surface area contributed by atoms with Gasteiger partial charge < -0.3 is 4.85 Å². The van der Waals surface area contributed by atoms with E-state index in [0.717, 1.165) is 12.8 Å². The van der Waals surface area contributed by atoms with Crippen LogP contribution in [0, 0.1) is 29.7 Å². The standard InChI is InChI=1S/C10H13N/c1-9(2)4-5-10(6-7-10)8-11-3/h9H,6-8H2,1-2H3. The predicted octanol–water partition coefficient (Wildman–Crippen LogP) is 2.35. The van der Waals surface area contributed by atoms with Crippen LogP contribution >= 0.6 is 0 Å². The van der Waals surface area contributed by atoms with Gasteiger partial charge in [-0.2, -0.15) is 0 Å². The fraction of sp³-hybridized carbons (Fsp3) is 0.700. The van der Waals surface area contributed by atoms with Crippen LogP contribution in [0.4, 0.5) is 0 Å². The molecule has 0 N–H and O–H groups in total. The average Bonchev–Trinajstić information content (AvgIpc) is 2.67. The lowest BCUT2D eigenvalue weighted by Gasteiger charge is -1.95. The van der Waals surface area contributed by atoms with Gasteiger partial charge in [0.25, 0.3) is 0 Å². The smallest absolute Gasteiger partial charge is 0.231 e. The number of nitrogens with zero attached hydrogens (tertiary/aromatic N) is 1. The van der Waals surface area contributed by atoms with Crippen molar-refractivity contribution >= 4 is 0 Å². The van der Waals surface area contributed by atoms with Gasteiger partial charge in [0.05, 0.1) is 0 Å². The summed E-state index contributed by atoms with van der Waals surface area (Å²) in [6, 6.07) is 0.